The summed E-state index contributed by atoms with van der Waals surface area (Å²) < 4.78 is 5.39. The number of nitrogens with two attached hydrogens (primary N) is 3. The van der Waals surface area contributed by atoms with Gasteiger partial charge < -0.3 is 21.9 Å². The molecular weight excluding hydrogens is 416 g/mol. The van der Waals surface area contributed by atoms with E-state index in [1.807, 2.05) is 18.2 Å². The molecule has 170 valence electrons. The molecule has 0 saturated heterocycles. The summed E-state index contributed by atoms with van der Waals surface area (Å²) in [4.78, 5) is 19.5. The van der Waals surface area contributed by atoms with Crippen LogP contribution in [0.15, 0.2) is 52.6 Å². The van der Waals surface area contributed by atoms with Gasteiger partial charge in [0.1, 0.15) is 17.1 Å². The lowest BCUT2D eigenvalue weighted by Gasteiger charge is -2.28. The molecule has 0 unspecified atom stereocenters. The molecule has 0 amide bonds. The van der Waals surface area contributed by atoms with Crippen molar-refractivity contribution >= 4 is 40.3 Å². The van der Waals surface area contributed by atoms with Crippen molar-refractivity contribution in [2.45, 2.75) is 13.0 Å². The van der Waals surface area contributed by atoms with Crippen molar-refractivity contribution in [3.05, 3.63) is 59.3 Å². The normalized spacial score (nSPS) is 15.2. The molecular formula is C24H28N8O. The summed E-state index contributed by atoms with van der Waals surface area (Å²) in [6.45, 7) is 2.16. The topological polar surface area (TPSA) is 141 Å². The van der Waals surface area contributed by atoms with Crippen LogP contribution < -0.4 is 21.9 Å². The molecule has 2 heterocycles. The maximum absolute atomic E-state index is 6.34. The van der Waals surface area contributed by atoms with Crippen LogP contribution in [0.25, 0.3) is 16.5 Å². The van der Waals surface area contributed by atoms with E-state index >= 15 is 0 Å². The van der Waals surface area contributed by atoms with Gasteiger partial charge in [-0.3, -0.25) is 9.89 Å². The number of allylic oxidation sites excluding steroid dienone is 1. The molecule has 0 spiro atoms. The van der Waals surface area contributed by atoms with Gasteiger partial charge in [-0.1, -0.05) is 18.2 Å². The van der Waals surface area contributed by atoms with Gasteiger partial charge in [-0.05, 0) is 41.3 Å². The van der Waals surface area contributed by atoms with Gasteiger partial charge >= 0.3 is 0 Å². The minimum absolute atomic E-state index is 0.123. The number of anilines is 1. The van der Waals surface area contributed by atoms with E-state index in [1.165, 1.54) is 11.1 Å². The average molecular weight is 445 g/mol. The number of amidine groups is 1. The molecule has 0 bridgehead atoms. The van der Waals surface area contributed by atoms with E-state index in [2.05, 4.69) is 43.1 Å². The predicted octanol–water partition coefficient (Wildman–Crippen LogP) is 2.27. The first-order valence-corrected chi connectivity index (χ1v) is 10.6. The summed E-state index contributed by atoms with van der Waals surface area (Å²) in [6, 6.07) is 12.0. The second-order valence-electron chi connectivity index (χ2n) is 7.82. The molecule has 4 rings (SSSR count). The van der Waals surface area contributed by atoms with E-state index in [4.69, 9.17) is 21.9 Å². The summed E-state index contributed by atoms with van der Waals surface area (Å²) in [5.74, 6) is 1.62. The largest absolute Gasteiger partial charge is 0.494 e. The van der Waals surface area contributed by atoms with Crippen LogP contribution in [-0.2, 0) is 13.0 Å². The molecule has 6 N–H and O–H groups in total. The van der Waals surface area contributed by atoms with Crippen molar-refractivity contribution in [1.82, 2.24) is 14.9 Å². The lowest BCUT2D eigenvalue weighted by molar-refractivity contribution is 0.289. The Hall–Kier alpha value is -3.98. The molecule has 0 radical (unpaired) electrons. The molecule has 1 aliphatic heterocycles. The first-order chi connectivity index (χ1) is 16.0. The zero-order chi connectivity index (χ0) is 23.4. The fourth-order valence-corrected chi connectivity index (χ4v) is 4.06. The van der Waals surface area contributed by atoms with Gasteiger partial charge in [-0.25, -0.2) is 9.98 Å². The van der Waals surface area contributed by atoms with E-state index in [0.29, 0.717) is 29.5 Å². The van der Waals surface area contributed by atoms with Crippen LogP contribution in [0.4, 0.5) is 11.8 Å². The Kier molecular flexibility index (Phi) is 6.50. The number of hydrogen-bond donors (Lipinski definition) is 3. The van der Waals surface area contributed by atoms with Crippen molar-refractivity contribution in [2.75, 3.05) is 33.0 Å². The number of benzene rings is 2. The smallest absolute Gasteiger partial charge is 0.222 e. The van der Waals surface area contributed by atoms with Gasteiger partial charge in [0, 0.05) is 43.5 Å². The number of hydrogen-bond acceptors (Lipinski definition) is 8. The average Bonchev–Trinajstić information content (AvgIpc) is 2.81. The molecule has 1 aromatic heterocycles. The molecule has 0 fully saturated rings. The van der Waals surface area contributed by atoms with Gasteiger partial charge in [-0.2, -0.15) is 4.98 Å². The fraction of sp³-hybridized carbons (Fsp3) is 0.250. The Morgan fingerprint density at radius 1 is 1.21 bits per heavy atom. The summed E-state index contributed by atoms with van der Waals surface area (Å²) in [5.41, 5.74) is 23.2. The third kappa shape index (κ3) is 4.78. The van der Waals surface area contributed by atoms with Gasteiger partial charge in [-0.15, -0.1) is 0 Å². The second kappa shape index (κ2) is 9.66. The van der Waals surface area contributed by atoms with Gasteiger partial charge in [0.25, 0.3) is 0 Å². The zero-order valence-electron chi connectivity index (χ0n) is 18.8. The van der Waals surface area contributed by atoms with E-state index in [0.717, 1.165) is 36.0 Å². The highest BCUT2D eigenvalue weighted by molar-refractivity contribution is 6.09. The Balaban J connectivity index is 1.57. The predicted molar refractivity (Wildman–Crippen MR) is 134 cm³/mol. The van der Waals surface area contributed by atoms with Crippen molar-refractivity contribution in [1.29, 1.82) is 0 Å². The van der Waals surface area contributed by atoms with Crippen LogP contribution in [0.2, 0.25) is 0 Å². The van der Waals surface area contributed by atoms with Gasteiger partial charge in [0.2, 0.25) is 5.95 Å². The molecule has 2 aromatic carbocycles. The minimum atomic E-state index is 0.123. The van der Waals surface area contributed by atoms with E-state index in [9.17, 15) is 0 Å². The molecule has 1 aliphatic rings. The van der Waals surface area contributed by atoms with Gasteiger partial charge in [0.15, 0.2) is 5.82 Å². The van der Waals surface area contributed by atoms with Crippen LogP contribution in [0.5, 0.6) is 5.75 Å². The minimum Gasteiger partial charge on any atom is -0.494 e. The highest BCUT2D eigenvalue weighted by atomic mass is 16.5. The van der Waals surface area contributed by atoms with Crippen molar-refractivity contribution < 1.29 is 4.74 Å². The molecule has 3 aromatic rings. The Bertz CT molecular complexity index is 1260. The molecule has 9 heteroatoms. The third-order valence-corrected chi connectivity index (χ3v) is 5.62. The SMILES string of the molecule is CN=CC(=CN)c1ccc2c(c1)CN(CC(N)=Nc1nc(N)nc3c(OC)cccc13)CC2. The molecule has 0 saturated carbocycles. The zero-order valence-corrected chi connectivity index (χ0v) is 18.8. The second-order valence-corrected chi connectivity index (χ2v) is 7.82. The highest BCUT2D eigenvalue weighted by Crippen LogP contribution is 2.30. The van der Waals surface area contributed by atoms with Crippen LogP contribution in [0.3, 0.4) is 0 Å². The maximum Gasteiger partial charge on any atom is 0.222 e. The molecule has 0 atom stereocenters. The number of aromatic nitrogens is 2. The summed E-state index contributed by atoms with van der Waals surface area (Å²) in [6.07, 6.45) is 4.28. The quantitative estimate of drug-likeness (QED) is 0.391. The summed E-state index contributed by atoms with van der Waals surface area (Å²) >= 11 is 0. The molecule has 0 aliphatic carbocycles. The summed E-state index contributed by atoms with van der Waals surface area (Å²) in [5, 5.41) is 0.735. The Morgan fingerprint density at radius 3 is 2.82 bits per heavy atom. The van der Waals surface area contributed by atoms with Crippen LogP contribution in [0, 0.1) is 0 Å². The van der Waals surface area contributed by atoms with E-state index in [-0.39, 0.29) is 5.95 Å². The van der Waals surface area contributed by atoms with Crippen LogP contribution in [-0.4, -0.2) is 54.2 Å². The van der Waals surface area contributed by atoms with Crippen LogP contribution in [0.1, 0.15) is 16.7 Å². The number of fused-ring (bicyclic) bond motifs is 2. The third-order valence-electron chi connectivity index (χ3n) is 5.62. The number of nitrogen functional groups attached to an aromatic ring is 1. The fourth-order valence-electron chi connectivity index (χ4n) is 4.06. The lowest BCUT2D eigenvalue weighted by atomic mass is 9.95. The number of methoxy groups -OCH3 is 1. The molecule has 9 nitrogen and oxygen atoms in total. The highest BCUT2D eigenvalue weighted by Gasteiger charge is 2.18. The first-order valence-electron chi connectivity index (χ1n) is 10.6. The first kappa shape index (κ1) is 22.2. The maximum atomic E-state index is 6.34. The molecule has 33 heavy (non-hydrogen) atoms. The van der Waals surface area contributed by atoms with Crippen molar-refractivity contribution in [2.24, 2.45) is 21.5 Å². The number of nitrogens with zero attached hydrogens (tertiary/aromatic N) is 5. The van der Waals surface area contributed by atoms with E-state index in [1.54, 1.807) is 26.6 Å². The van der Waals surface area contributed by atoms with Gasteiger partial charge in [0.05, 0.1) is 13.7 Å². The van der Waals surface area contributed by atoms with Crippen molar-refractivity contribution in [3.63, 3.8) is 0 Å². The number of aliphatic imine (C=N–C) groups is 2. The number of para-hydroxylation sites is 1. The standard InChI is InChI=1S/C24H28N8O/c1-28-12-18(11-25)16-7-6-15-8-9-32(13-17(15)10-16)14-21(26)29-23-19-4-3-5-20(33-2)22(19)30-24(27)31-23/h3-7,10-12H,8-9,13-14,25H2,1-2H3,(H4,26,27,29,30,31). The van der Waals surface area contributed by atoms with Crippen LogP contribution >= 0.6 is 0 Å². The Labute approximate surface area is 192 Å². The van der Waals surface area contributed by atoms with E-state index < -0.39 is 0 Å². The number of ether oxygens (including phenoxy) is 1. The lowest BCUT2D eigenvalue weighted by Crippen LogP contribution is -2.37. The van der Waals surface area contributed by atoms with Crippen molar-refractivity contribution in [3.8, 4) is 5.75 Å². The number of rotatable bonds is 6. The summed E-state index contributed by atoms with van der Waals surface area (Å²) in [7, 11) is 3.32. The monoisotopic (exact) mass is 444 g/mol. The Morgan fingerprint density at radius 2 is 2.06 bits per heavy atom.